The van der Waals surface area contributed by atoms with Crippen molar-refractivity contribution in [3.8, 4) is 5.69 Å². The zero-order valence-electron chi connectivity index (χ0n) is 17.2. The quantitative estimate of drug-likeness (QED) is 0.521. The van der Waals surface area contributed by atoms with E-state index >= 15 is 0 Å². The van der Waals surface area contributed by atoms with E-state index in [1.165, 1.54) is 23.0 Å². The van der Waals surface area contributed by atoms with Gasteiger partial charge in [-0.1, -0.05) is 17.4 Å². The number of nitrogens with one attached hydrogen (secondary N) is 1. The van der Waals surface area contributed by atoms with E-state index < -0.39 is 23.6 Å². The van der Waals surface area contributed by atoms with Crippen molar-refractivity contribution < 1.29 is 27.5 Å². The summed E-state index contributed by atoms with van der Waals surface area (Å²) in [6, 6.07) is 4.83. The van der Waals surface area contributed by atoms with Gasteiger partial charge in [0.25, 0.3) is 5.91 Å². The number of nitrogens with zero attached hydrogens (tertiary/aromatic N) is 3. The monoisotopic (exact) mass is 464 g/mol. The highest BCUT2D eigenvalue weighted by Gasteiger charge is 2.35. The van der Waals surface area contributed by atoms with Gasteiger partial charge in [0.15, 0.2) is 5.13 Å². The van der Waals surface area contributed by atoms with Crippen molar-refractivity contribution in [1.82, 2.24) is 14.8 Å². The van der Waals surface area contributed by atoms with Crippen molar-refractivity contribution in [3.05, 3.63) is 57.9 Å². The third kappa shape index (κ3) is 4.38. The molecular weight excluding hydrogens is 445 g/mol. The molecule has 0 saturated heterocycles. The van der Waals surface area contributed by atoms with Gasteiger partial charge in [0.2, 0.25) is 0 Å². The lowest BCUT2D eigenvalue weighted by Gasteiger charge is -2.12. The van der Waals surface area contributed by atoms with Gasteiger partial charge in [-0.25, -0.2) is 14.5 Å². The molecule has 1 amide bonds. The van der Waals surface area contributed by atoms with E-state index in [9.17, 15) is 22.8 Å². The van der Waals surface area contributed by atoms with Crippen LogP contribution in [0.25, 0.3) is 5.69 Å². The number of thiazole rings is 1. The number of halogens is 3. The second-order valence-corrected chi connectivity index (χ2v) is 8.28. The number of benzene rings is 1. The van der Waals surface area contributed by atoms with E-state index in [2.05, 4.69) is 15.4 Å². The Morgan fingerprint density at radius 3 is 2.72 bits per heavy atom. The Morgan fingerprint density at radius 2 is 2.06 bits per heavy atom. The molecule has 0 atom stereocenters. The largest absolute Gasteiger partial charge is 0.462 e. The minimum atomic E-state index is -4.48. The van der Waals surface area contributed by atoms with E-state index in [0.29, 0.717) is 16.3 Å². The lowest BCUT2D eigenvalue weighted by atomic mass is 10.1. The highest BCUT2D eigenvalue weighted by molar-refractivity contribution is 7.17. The number of alkyl halides is 3. The lowest BCUT2D eigenvalue weighted by Crippen LogP contribution is -2.14. The van der Waals surface area contributed by atoms with Crippen molar-refractivity contribution in [3.63, 3.8) is 0 Å². The summed E-state index contributed by atoms with van der Waals surface area (Å²) in [6.45, 7) is 3.55. The van der Waals surface area contributed by atoms with Gasteiger partial charge in [0.1, 0.15) is 4.88 Å². The highest BCUT2D eigenvalue weighted by Crippen LogP contribution is 2.43. The van der Waals surface area contributed by atoms with Gasteiger partial charge in [-0.3, -0.25) is 10.1 Å². The van der Waals surface area contributed by atoms with Crippen LogP contribution in [0.15, 0.2) is 30.5 Å². The fourth-order valence-corrected chi connectivity index (χ4v) is 4.16. The first-order chi connectivity index (χ1) is 15.2. The van der Waals surface area contributed by atoms with Crippen LogP contribution in [0.2, 0.25) is 0 Å². The normalized spacial score (nSPS) is 13.8. The predicted molar refractivity (Wildman–Crippen MR) is 111 cm³/mol. The Balaban J connectivity index is 1.63. The summed E-state index contributed by atoms with van der Waals surface area (Å²) in [5.41, 5.74) is 0.695. The smallest absolute Gasteiger partial charge is 0.416 e. The van der Waals surface area contributed by atoms with Gasteiger partial charge >= 0.3 is 12.1 Å². The van der Waals surface area contributed by atoms with Crippen molar-refractivity contribution in [1.29, 1.82) is 0 Å². The van der Waals surface area contributed by atoms with Crippen molar-refractivity contribution in [2.45, 2.75) is 38.8 Å². The molecule has 168 valence electrons. The van der Waals surface area contributed by atoms with Crippen LogP contribution in [0.5, 0.6) is 0 Å². The van der Waals surface area contributed by atoms with E-state index in [0.717, 1.165) is 36.3 Å². The van der Waals surface area contributed by atoms with Crippen LogP contribution in [-0.2, 0) is 10.9 Å². The maximum absolute atomic E-state index is 13.1. The number of rotatable bonds is 6. The van der Waals surface area contributed by atoms with Gasteiger partial charge in [-0.2, -0.15) is 18.3 Å². The minimum Gasteiger partial charge on any atom is -0.462 e. The fourth-order valence-electron chi connectivity index (χ4n) is 3.30. The number of hydrogen-bond acceptors (Lipinski definition) is 6. The number of amides is 1. The molecule has 1 aromatic carbocycles. The molecule has 0 radical (unpaired) electrons. The first-order valence-electron chi connectivity index (χ1n) is 9.90. The molecule has 32 heavy (non-hydrogen) atoms. The van der Waals surface area contributed by atoms with Gasteiger partial charge in [0, 0.05) is 5.92 Å². The minimum absolute atomic E-state index is 0.0286. The average Bonchev–Trinajstić information content (AvgIpc) is 3.37. The molecule has 11 heteroatoms. The number of ether oxygens (including phenoxy) is 1. The maximum Gasteiger partial charge on any atom is 0.416 e. The molecule has 2 heterocycles. The van der Waals surface area contributed by atoms with Crippen LogP contribution < -0.4 is 5.32 Å². The lowest BCUT2D eigenvalue weighted by molar-refractivity contribution is -0.137. The summed E-state index contributed by atoms with van der Waals surface area (Å²) in [4.78, 5) is 29.4. The van der Waals surface area contributed by atoms with Crippen LogP contribution in [0.3, 0.4) is 0 Å². The van der Waals surface area contributed by atoms with Gasteiger partial charge in [-0.15, -0.1) is 0 Å². The molecule has 0 bridgehead atoms. The Bertz CT molecular complexity index is 1180. The standard InChI is InChI=1S/C21H19F3N4O3S/c1-3-31-19(30)17-11(2)26-20(32-17)27-18(29)15-10-25-28(16(15)12-7-8-12)14-6-4-5-13(9-14)21(22,23)24/h4-6,9-10,12H,3,7-8H2,1-2H3,(H,26,27,29). The maximum atomic E-state index is 13.1. The fraction of sp³-hybridized carbons (Fsp3) is 0.333. The molecule has 4 rings (SSSR count). The van der Waals surface area contributed by atoms with E-state index in [-0.39, 0.29) is 28.9 Å². The first-order valence-corrected chi connectivity index (χ1v) is 10.7. The summed E-state index contributed by atoms with van der Waals surface area (Å²) >= 11 is 0.998. The molecule has 0 unspecified atom stereocenters. The molecule has 1 saturated carbocycles. The number of aryl methyl sites for hydroxylation is 1. The highest BCUT2D eigenvalue weighted by atomic mass is 32.1. The summed E-state index contributed by atoms with van der Waals surface area (Å²) in [6.07, 6.45) is -1.51. The number of aromatic nitrogens is 3. The number of anilines is 1. The summed E-state index contributed by atoms with van der Waals surface area (Å²) in [7, 11) is 0. The van der Waals surface area contributed by atoms with E-state index in [1.807, 2.05) is 0 Å². The van der Waals surface area contributed by atoms with Crippen LogP contribution in [0.4, 0.5) is 18.3 Å². The predicted octanol–water partition coefficient (Wildman–Crippen LogP) is 4.96. The Morgan fingerprint density at radius 1 is 1.31 bits per heavy atom. The van der Waals surface area contributed by atoms with E-state index in [1.54, 1.807) is 13.8 Å². The molecular formula is C21H19F3N4O3S. The van der Waals surface area contributed by atoms with Crippen LogP contribution >= 0.6 is 11.3 Å². The second-order valence-electron chi connectivity index (χ2n) is 7.29. The molecule has 0 aliphatic heterocycles. The molecule has 1 aliphatic rings. The van der Waals surface area contributed by atoms with Crippen LogP contribution in [-0.4, -0.2) is 33.2 Å². The van der Waals surface area contributed by atoms with Crippen molar-refractivity contribution in [2.24, 2.45) is 0 Å². The molecule has 7 nitrogen and oxygen atoms in total. The van der Waals surface area contributed by atoms with Crippen LogP contribution in [0.1, 0.15) is 62.7 Å². The SMILES string of the molecule is CCOC(=O)c1sc(NC(=O)c2cnn(-c3cccc(C(F)(F)F)c3)c2C2CC2)nc1C. The number of hydrogen-bond donors (Lipinski definition) is 1. The van der Waals surface area contributed by atoms with Gasteiger partial charge < -0.3 is 4.74 Å². The Hall–Kier alpha value is -3.21. The number of carbonyl (C=O) groups excluding carboxylic acids is 2. The second kappa shape index (κ2) is 8.38. The topological polar surface area (TPSA) is 86.1 Å². The van der Waals surface area contributed by atoms with Gasteiger partial charge in [-0.05, 0) is 44.9 Å². The van der Waals surface area contributed by atoms with Crippen molar-refractivity contribution >= 4 is 28.3 Å². The van der Waals surface area contributed by atoms with E-state index in [4.69, 9.17) is 4.74 Å². The number of carbonyl (C=O) groups is 2. The summed E-state index contributed by atoms with van der Waals surface area (Å²) in [5.74, 6) is -0.978. The summed E-state index contributed by atoms with van der Waals surface area (Å²) in [5, 5.41) is 7.10. The zero-order valence-corrected chi connectivity index (χ0v) is 18.0. The zero-order chi connectivity index (χ0) is 23.0. The third-order valence-corrected chi connectivity index (χ3v) is 5.96. The first kappa shape index (κ1) is 22.0. The molecule has 1 fully saturated rings. The summed E-state index contributed by atoms with van der Waals surface area (Å²) < 4.78 is 45.8. The molecule has 3 aromatic rings. The molecule has 0 spiro atoms. The van der Waals surface area contributed by atoms with Gasteiger partial charge in [0.05, 0.1) is 41.0 Å². The van der Waals surface area contributed by atoms with Crippen molar-refractivity contribution in [2.75, 3.05) is 11.9 Å². The number of esters is 1. The molecule has 2 aromatic heterocycles. The Kier molecular flexibility index (Phi) is 5.76. The third-order valence-electron chi connectivity index (χ3n) is 4.91. The molecule has 1 aliphatic carbocycles. The average molecular weight is 464 g/mol. The van der Waals surface area contributed by atoms with Crippen LogP contribution in [0, 0.1) is 6.92 Å². The molecule has 1 N–H and O–H groups in total. The Labute approximate surface area is 185 Å².